The summed E-state index contributed by atoms with van der Waals surface area (Å²) in [5.41, 5.74) is 0.186. The minimum atomic E-state index is -1.18. The molecule has 254 valence electrons. The topological polar surface area (TPSA) is 144 Å². The van der Waals surface area contributed by atoms with Gasteiger partial charge in [-0.3, -0.25) is 0 Å². The van der Waals surface area contributed by atoms with Crippen LogP contribution in [-0.4, -0.2) is 93.9 Å². The van der Waals surface area contributed by atoms with Crippen LogP contribution in [-0.2, 0) is 28.5 Å². The second kappa shape index (κ2) is 11.8. The van der Waals surface area contributed by atoms with E-state index in [0.29, 0.717) is 31.3 Å². The molecule has 16 atom stereocenters. The summed E-state index contributed by atoms with van der Waals surface area (Å²) in [6.07, 6.45) is 4.86. The van der Waals surface area contributed by atoms with Crippen LogP contribution in [0.3, 0.4) is 0 Å². The number of aliphatic hydroxyl groups excluding tert-OH is 3. The Morgan fingerprint density at radius 3 is 2.38 bits per heavy atom. The highest BCUT2D eigenvalue weighted by Crippen LogP contribution is 2.70. The Kier molecular flexibility index (Phi) is 8.50. The lowest BCUT2D eigenvalue weighted by atomic mass is 9.43. The molecular weight excluding hydrogens is 580 g/mol. The first-order valence-electron chi connectivity index (χ1n) is 17.6. The fraction of sp³-hybridized carbons (Fsp3) is 0.914. The molecule has 0 radical (unpaired) electrons. The van der Waals surface area contributed by atoms with E-state index in [2.05, 4.69) is 13.8 Å². The Morgan fingerprint density at radius 1 is 0.844 bits per heavy atom. The van der Waals surface area contributed by atoms with Gasteiger partial charge in [-0.25, -0.2) is 4.79 Å². The summed E-state index contributed by atoms with van der Waals surface area (Å²) >= 11 is 0. The molecule has 10 nitrogen and oxygen atoms in total. The van der Waals surface area contributed by atoms with Crippen LogP contribution in [0.4, 0.5) is 0 Å². The number of carbonyl (C=O) groups is 1. The first kappa shape index (κ1) is 32.4. The van der Waals surface area contributed by atoms with E-state index >= 15 is 0 Å². The van der Waals surface area contributed by atoms with E-state index in [0.717, 1.165) is 63.4 Å². The number of aliphatic hydroxyl groups is 4. The maximum Gasteiger partial charge on any atom is 0.331 e. The quantitative estimate of drug-likeness (QED) is 0.263. The lowest BCUT2D eigenvalue weighted by molar-refractivity contribution is -0.340. The van der Waals surface area contributed by atoms with Crippen molar-refractivity contribution in [1.29, 1.82) is 0 Å². The summed E-state index contributed by atoms with van der Waals surface area (Å²) < 4.78 is 29.6. The van der Waals surface area contributed by atoms with Gasteiger partial charge in [0.25, 0.3) is 0 Å². The van der Waals surface area contributed by atoms with Gasteiger partial charge in [-0.15, -0.1) is 0 Å². The summed E-state index contributed by atoms with van der Waals surface area (Å²) in [6, 6.07) is 0. The highest BCUT2D eigenvalue weighted by molar-refractivity contribution is 5.85. The standard InChI is InChI=1S/C35H54O10/c1-18-26(36)7-8-28(42-18)45-31-29(38)19(2)43-32(30(31)39)44-22-9-12-33(3)21(16-22)5-6-25-24(33)10-13-34(4)23(11-14-35(25,34)40)20-15-27(37)41-17-20/h15,18-19,21-26,28-32,36,38-40H,5-14,16-17H2,1-4H3/t18-,19?,21-,22-,23+,24?,25+,26-,28+,29?,30-,31-,32?,33?,34?,35-/m0/s1. The molecule has 0 spiro atoms. The lowest BCUT2D eigenvalue weighted by Crippen LogP contribution is -2.63. The Labute approximate surface area is 266 Å². The van der Waals surface area contributed by atoms with Gasteiger partial charge >= 0.3 is 5.97 Å². The molecule has 4 N–H and O–H groups in total. The molecule has 4 saturated carbocycles. The Balaban J connectivity index is 1.00. The fourth-order valence-corrected chi connectivity index (χ4v) is 11.2. The van der Waals surface area contributed by atoms with Crippen molar-refractivity contribution in [3.8, 4) is 0 Å². The van der Waals surface area contributed by atoms with E-state index in [1.807, 2.05) is 0 Å². The number of esters is 1. The molecular formula is C35H54O10. The van der Waals surface area contributed by atoms with E-state index in [-0.39, 0.29) is 40.8 Å². The SMILES string of the molecule is CC1OC(O[C@H]2CCC3(C)C4CCC5(C)[C@@H](C6=CC(=O)OC6)CC[C@]5(O)[C@@H]4CC[C@H]3C2)[C@@H](O)[C@@H](O[C@@H]2CC[C@H](O)[C@H](C)O2)C1O. The molecule has 0 aromatic carbocycles. The monoisotopic (exact) mass is 634 g/mol. The van der Waals surface area contributed by atoms with Crippen LogP contribution in [0, 0.1) is 34.5 Å². The zero-order valence-electron chi connectivity index (χ0n) is 27.3. The van der Waals surface area contributed by atoms with Crippen molar-refractivity contribution in [2.24, 2.45) is 34.5 Å². The van der Waals surface area contributed by atoms with Gasteiger partial charge in [-0.2, -0.15) is 0 Å². The smallest absolute Gasteiger partial charge is 0.331 e. The number of fused-ring (bicyclic) bond motifs is 5. The highest BCUT2D eigenvalue weighted by atomic mass is 16.7. The first-order chi connectivity index (χ1) is 21.3. The molecule has 7 aliphatic rings. The predicted octanol–water partition coefficient (Wildman–Crippen LogP) is 3.37. The maximum absolute atomic E-state index is 12.5. The van der Waals surface area contributed by atoms with Crippen molar-refractivity contribution in [2.45, 2.75) is 159 Å². The number of ether oxygens (including phenoxy) is 5. The molecule has 45 heavy (non-hydrogen) atoms. The molecule has 6 unspecified atom stereocenters. The highest BCUT2D eigenvalue weighted by Gasteiger charge is 2.67. The normalized spacial score (nSPS) is 54.9. The van der Waals surface area contributed by atoms with Crippen LogP contribution in [0.2, 0.25) is 0 Å². The summed E-state index contributed by atoms with van der Waals surface area (Å²) in [7, 11) is 0. The maximum atomic E-state index is 12.5. The molecule has 3 heterocycles. The number of hydrogen-bond donors (Lipinski definition) is 4. The summed E-state index contributed by atoms with van der Waals surface area (Å²) in [6.45, 7) is 8.62. The van der Waals surface area contributed by atoms with Gasteiger partial charge in [0.1, 0.15) is 24.9 Å². The largest absolute Gasteiger partial charge is 0.458 e. The molecule has 6 fully saturated rings. The molecule has 2 saturated heterocycles. The third-order valence-electron chi connectivity index (χ3n) is 14.0. The number of cyclic esters (lactones) is 1. The minimum absolute atomic E-state index is 0.0805. The Morgan fingerprint density at radius 2 is 1.64 bits per heavy atom. The molecule has 10 heteroatoms. The molecule has 4 aliphatic carbocycles. The zero-order chi connectivity index (χ0) is 31.9. The zero-order valence-corrected chi connectivity index (χ0v) is 27.3. The van der Waals surface area contributed by atoms with Crippen molar-refractivity contribution >= 4 is 5.97 Å². The van der Waals surface area contributed by atoms with Crippen LogP contribution in [0.1, 0.15) is 98.3 Å². The number of rotatable bonds is 5. The van der Waals surface area contributed by atoms with Crippen molar-refractivity contribution in [2.75, 3.05) is 6.61 Å². The molecule has 0 bridgehead atoms. The van der Waals surface area contributed by atoms with E-state index in [4.69, 9.17) is 23.7 Å². The van der Waals surface area contributed by atoms with Gasteiger partial charge < -0.3 is 44.1 Å². The second-order valence-corrected chi connectivity index (χ2v) is 16.0. The summed E-state index contributed by atoms with van der Waals surface area (Å²) in [5.74, 6) is 1.07. The Bertz CT molecular complexity index is 1160. The Hall–Kier alpha value is -1.11. The minimum Gasteiger partial charge on any atom is -0.458 e. The van der Waals surface area contributed by atoms with Crippen molar-refractivity contribution in [3.05, 3.63) is 11.6 Å². The predicted molar refractivity (Wildman–Crippen MR) is 161 cm³/mol. The van der Waals surface area contributed by atoms with Gasteiger partial charge in [0.2, 0.25) is 0 Å². The lowest BCUT2D eigenvalue weighted by Gasteiger charge is -2.64. The van der Waals surface area contributed by atoms with Crippen LogP contribution in [0.5, 0.6) is 0 Å². The van der Waals surface area contributed by atoms with Crippen molar-refractivity contribution < 1.29 is 48.9 Å². The summed E-state index contributed by atoms with van der Waals surface area (Å²) in [4.78, 5) is 11.9. The van der Waals surface area contributed by atoms with Crippen LogP contribution in [0.25, 0.3) is 0 Å². The van der Waals surface area contributed by atoms with Crippen LogP contribution in [0.15, 0.2) is 11.6 Å². The average Bonchev–Trinajstić information content (AvgIpc) is 3.55. The molecule has 3 aliphatic heterocycles. The number of hydrogen-bond acceptors (Lipinski definition) is 10. The van der Waals surface area contributed by atoms with E-state index in [1.165, 1.54) is 0 Å². The third-order valence-corrected chi connectivity index (χ3v) is 14.0. The molecule has 7 rings (SSSR count). The van der Waals surface area contributed by atoms with Crippen molar-refractivity contribution in [3.63, 3.8) is 0 Å². The van der Waals surface area contributed by atoms with E-state index in [1.54, 1.807) is 19.9 Å². The van der Waals surface area contributed by atoms with Crippen LogP contribution < -0.4 is 0 Å². The first-order valence-corrected chi connectivity index (χ1v) is 17.6. The van der Waals surface area contributed by atoms with Gasteiger partial charge in [0, 0.05) is 17.9 Å². The van der Waals surface area contributed by atoms with Crippen molar-refractivity contribution in [1.82, 2.24) is 0 Å². The molecule has 0 aromatic rings. The van der Waals surface area contributed by atoms with Gasteiger partial charge in [-0.05, 0) is 113 Å². The summed E-state index contributed by atoms with van der Waals surface area (Å²) in [5, 5.41) is 44.7. The second-order valence-electron chi connectivity index (χ2n) is 16.0. The van der Waals surface area contributed by atoms with Gasteiger partial charge in [-0.1, -0.05) is 13.8 Å². The average molecular weight is 635 g/mol. The van der Waals surface area contributed by atoms with Gasteiger partial charge in [0.15, 0.2) is 12.6 Å². The molecule has 0 aromatic heterocycles. The third kappa shape index (κ3) is 5.25. The van der Waals surface area contributed by atoms with Gasteiger partial charge in [0.05, 0.1) is 30.0 Å². The fourth-order valence-electron chi connectivity index (χ4n) is 11.2. The van der Waals surface area contributed by atoms with Crippen LogP contribution >= 0.6 is 0 Å². The van der Waals surface area contributed by atoms with E-state index < -0.39 is 48.7 Å². The number of carbonyl (C=O) groups excluding carboxylic acids is 1. The molecule has 0 amide bonds. The van der Waals surface area contributed by atoms with E-state index in [9.17, 15) is 25.2 Å².